The van der Waals surface area contributed by atoms with Crippen LogP contribution < -0.4 is 14.8 Å². The molecule has 2 aromatic carbocycles. The Balaban J connectivity index is 1.47. The first-order valence-corrected chi connectivity index (χ1v) is 20.6. The van der Waals surface area contributed by atoms with Crippen molar-refractivity contribution in [2.24, 2.45) is 5.92 Å². The fourth-order valence-electron chi connectivity index (χ4n) is 5.60. The first-order valence-electron chi connectivity index (χ1n) is 17.2. The minimum atomic E-state index is -1.79. The van der Waals surface area contributed by atoms with E-state index in [4.69, 9.17) is 18.6 Å². The Hall–Kier alpha value is -3.89. The lowest BCUT2D eigenvalue weighted by Crippen LogP contribution is -2.42. The van der Waals surface area contributed by atoms with Crippen LogP contribution in [0, 0.1) is 12.8 Å². The monoisotopic (exact) mass is 689 g/mol. The van der Waals surface area contributed by atoms with Gasteiger partial charge in [0.05, 0.1) is 19.4 Å². The predicted octanol–water partition coefficient (Wildman–Crippen LogP) is 9.28. The van der Waals surface area contributed by atoms with E-state index in [0.29, 0.717) is 54.1 Å². The molecule has 4 rings (SSSR count). The first-order chi connectivity index (χ1) is 22.8. The van der Waals surface area contributed by atoms with Crippen molar-refractivity contribution in [1.82, 2.24) is 9.88 Å². The summed E-state index contributed by atoms with van der Waals surface area (Å²) >= 11 is 0. The quantitative estimate of drug-likeness (QED) is 0.212. The van der Waals surface area contributed by atoms with Crippen LogP contribution in [-0.2, 0) is 27.6 Å². The summed E-state index contributed by atoms with van der Waals surface area (Å²) < 4.78 is 24.0. The van der Waals surface area contributed by atoms with Gasteiger partial charge < -0.3 is 28.9 Å². The van der Waals surface area contributed by atoms with Crippen LogP contribution in [0.15, 0.2) is 48.7 Å². The van der Waals surface area contributed by atoms with Crippen LogP contribution in [0.5, 0.6) is 17.2 Å². The molecule has 1 saturated heterocycles. The number of aryl methyl sites for hydroxylation is 1. The van der Waals surface area contributed by atoms with E-state index < -0.39 is 13.9 Å². The SMILES string of the molecule is COc1c(CO[Si](C)(C)C)cc(C(C)(C)C)cc1NC(=O)c1ccc(C)c(Oc2ccnc(CC3CCN(C(=O)OC(C)(C)C)CC3)c2)c1. The summed E-state index contributed by atoms with van der Waals surface area (Å²) in [5, 5.41) is 3.11. The van der Waals surface area contributed by atoms with Crippen molar-refractivity contribution < 1.29 is 28.2 Å². The lowest BCUT2D eigenvalue weighted by Gasteiger charge is -2.33. The number of piperidine rings is 1. The summed E-state index contributed by atoms with van der Waals surface area (Å²) in [5.41, 5.74) is 4.24. The summed E-state index contributed by atoms with van der Waals surface area (Å²) in [6, 6.07) is 13.3. The van der Waals surface area contributed by atoms with Gasteiger partial charge in [-0.25, -0.2) is 4.79 Å². The van der Waals surface area contributed by atoms with Gasteiger partial charge >= 0.3 is 6.09 Å². The third-order valence-electron chi connectivity index (χ3n) is 8.38. The summed E-state index contributed by atoms with van der Waals surface area (Å²) in [6.45, 7) is 22.3. The van der Waals surface area contributed by atoms with E-state index in [2.05, 4.69) is 56.8 Å². The number of ether oxygens (including phenoxy) is 3. The molecule has 266 valence electrons. The summed E-state index contributed by atoms with van der Waals surface area (Å²) in [6.07, 6.45) is 4.07. The van der Waals surface area contributed by atoms with Gasteiger partial charge in [-0.15, -0.1) is 0 Å². The number of methoxy groups -OCH3 is 1. The molecule has 1 aliphatic heterocycles. The number of nitrogens with zero attached hydrogens (tertiary/aromatic N) is 2. The molecule has 2 heterocycles. The lowest BCUT2D eigenvalue weighted by molar-refractivity contribution is 0.0184. The number of nitrogens with one attached hydrogen (secondary N) is 1. The van der Waals surface area contributed by atoms with Crippen molar-refractivity contribution in [2.45, 2.75) is 105 Å². The van der Waals surface area contributed by atoms with Crippen molar-refractivity contribution in [3.8, 4) is 17.2 Å². The Morgan fingerprint density at radius 1 is 0.980 bits per heavy atom. The number of likely N-dealkylation sites (tertiary alicyclic amines) is 1. The standard InChI is InChI=1S/C39H55N3O6Si/c1-26-12-13-28(36(43)41-33-23-30(38(2,3)4)21-29(35(33)45-8)25-46-49(9,10)11)22-34(26)47-32-14-17-40-31(24-32)20-27-15-18-42(19-16-27)37(44)48-39(5,6)7/h12-14,17,21-24,27H,15-16,18-20,25H2,1-11H3,(H,41,43). The van der Waals surface area contributed by atoms with Gasteiger partial charge in [-0.3, -0.25) is 9.78 Å². The van der Waals surface area contributed by atoms with Crippen LogP contribution in [0.2, 0.25) is 19.6 Å². The molecule has 2 amide bonds. The minimum Gasteiger partial charge on any atom is -0.494 e. The number of anilines is 1. The topological polar surface area (TPSA) is 99.2 Å². The highest BCUT2D eigenvalue weighted by Gasteiger charge is 2.27. The average Bonchev–Trinajstić information content (AvgIpc) is 2.99. The Bertz CT molecular complexity index is 1630. The van der Waals surface area contributed by atoms with Gasteiger partial charge in [-0.1, -0.05) is 26.8 Å². The highest BCUT2D eigenvalue weighted by Crippen LogP contribution is 2.37. The predicted molar refractivity (Wildman–Crippen MR) is 198 cm³/mol. The molecule has 10 heteroatoms. The fraction of sp³-hybridized carbons (Fsp3) is 0.513. The van der Waals surface area contributed by atoms with Crippen molar-refractivity contribution in [3.05, 3.63) is 76.6 Å². The number of benzene rings is 2. The second-order valence-corrected chi connectivity index (χ2v) is 20.5. The van der Waals surface area contributed by atoms with Gasteiger partial charge in [0.2, 0.25) is 0 Å². The number of carbonyl (C=O) groups is 2. The van der Waals surface area contributed by atoms with Crippen LogP contribution in [0.1, 0.15) is 87.1 Å². The average molecular weight is 690 g/mol. The Kier molecular flexibility index (Phi) is 11.9. The van der Waals surface area contributed by atoms with Crippen LogP contribution >= 0.6 is 0 Å². The van der Waals surface area contributed by atoms with Gasteiger partial charge in [0.1, 0.15) is 22.8 Å². The zero-order chi connectivity index (χ0) is 36.1. The van der Waals surface area contributed by atoms with E-state index in [1.54, 1.807) is 30.3 Å². The van der Waals surface area contributed by atoms with Crippen molar-refractivity contribution in [1.29, 1.82) is 0 Å². The largest absolute Gasteiger partial charge is 0.494 e. The van der Waals surface area contributed by atoms with E-state index >= 15 is 0 Å². The highest BCUT2D eigenvalue weighted by molar-refractivity contribution is 6.69. The molecule has 0 aliphatic carbocycles. The Morgan fingerprint density at radius 2 is 1.67 bits per heavy atom. The molecule has 9 nitrogen and oxygen atoms in total. The molecule has 0 saturated carbocycles. The zero-order valence-electron chi connectivity index (χ0n) is 31.3. The Morgan fingerprint density at radius 3 is 2.29 bits per heavy atom. The number of carbonyl (C=O) groups excluding carboxylic acids is 2. The summed E-state index contributed by atoms with van der Waals surface area (Å²) in [7, 11) is -0.173. The molecule has 3 aromatic rings. The number of aromatic nitrogens is 1. The van der Waals surface area contributed by atoms with Gasteiger partial charge in [0.15, 0.2) is 8.32 Å². The summed E-state index contributed by atoms with van der Waals surface area (Å²) in [5.74, 6) is 1.99. The number of pyridine rings is 1. The molecule has 1 N–H and O–H groups in total. The second kappa shape index (κ2) is 15.3. The minimum absolute atomic E-state index is 0.147. The Labute approximate surface area is 293 Å². The number of hydrogen-bond acceptors (Lipinski definition) is 7. The van der Waals surface area contributed by atoms with Gasteiger partial charge in [0, 0.05) is 42.2 Å². The van der Waals surface area contributed by atoms with E-state index in [-0.39, 0.29) is 17.4 Å². The molecule has 1 aliphatic rings. The third kappa shape index (κ3) is 11.1. The summed E-state index contributed by atoms with van der Waals surface area (Å²) in [4.78, 5) is 32.6. The molecule has 1 aromatic heterocycles. The maximum absolute atomic E-state index is 13.7. The zero-order valence-corrected chi connectivity index (χ0v) is 32.3. The maximum Gasteiger partial charge on any atom is 0.410 e. The number of amides is 2. The van der Waals surface area contributed by atoms with Gasteiger partial charge in [-0.05, 0) is 119 Å². The molecule has 0 bridgehead atoms. The van der Waals surface area contributed by atoms with Crippen LogP contribution in [0.25, 0.3) is 0 Å². The number of rotatable bonds is 10. The molecule has 0 spiro atoms. The van der Waals surface area contributed by atoms with E-state index in [9.17, 15) is 9.59 Å². The molecule has 0 radical (unpaired) electrons. The number of hydrogen-bond donors (Lipinski definition) is 1. The molecule has 0 atom stereocenters. The van der Waals surface area contributed by atoms with E-state index in [1.165, 1.54) is 0 Å². The van der Waals surface area contributed by atoms with Gasteiger partial charge in [0.25, 0.3) is 5.91 Å². The van der Waals surface area contributed by atoms with Crippen molar-refractivity contribution in [3.63, 3.8) is 0 Å². The molecular formula is C39H55N3O6Si. The normalized spacial score (nSPS) is 14.4. The van der Waals surface area contributed by atoms with Crippen LogP contribution in [-0.4, -0.2) is 56.0 Å². The smallest absolute Gasteiger partial charge is 0.410 e. The van der Waals surface area contributed by atoms with Crippen LogP contribution in [0.3, 0.4) is 0 Å². The first kappa shape index (κ1) is 37.9. The highest BCUT2D eigenvalue weighted by atomic mass is 28.4. The second-order valence-electron chi connectivity index (χ2n) is 16.0. The van der Waals surface area contributed by atoms with Crippen molar-refractivity contribution in [2.75, 3.05) is 25.5 Å². The maximum atomic E-state index is 13.7. The van der Waals surface area contributed by atoms with E-state index in [1.807, 2.05) is 52.0 Å². The fourth-order valence-corrected chi connectivity index (χ4v) is 6.19. The van der Waals surface area contributed by atoms with Gasteiger partial charge in [-0.2, -0.15) is 0 Å². The third-order valence-corrected chi connectivity index (χ3v) is 9.39. The van der Waals surface area contributed by atoms with Crippen LogP contribution in [0.4, 0.5) is 10.5 Å². The molecular weight excluding hydrogens is 635 g/mol. The molecule has 49 heavy (non-hydrogen) atoms. The molecule has 0 unspecified atom stereocenters. The lowest BCUT2D eigenvalue weighted by atomic mass is 9.85. The van der Waals surface area contributed by atoms with Crippen molar-refractivity contribution >= 4 is 26.0 Å². The molecule has 1 fully saturated rings. The van der Waals surface area contributed by atoms with E-state index in [0.717, 1.165) is 41.6 Å².